The summed E-state index contributed by atoms with van der Waals surface area (Å²) in [5, 5.41) is 0. The molecular formula is C10H20N2. The van der Waals surface area contributed by atoms with E-state index in [0.717, 1.165) is 13.0 Å². The van der Waals surface area contributed by atoms with Gasteiger partial charge in [-0.2, -0.15) is 0 Å². The lowest BCUT2D eigenvalue weighted by Gasteiger charge is -2.23. The van der Waals surface area contributed by atoms with Crippen LogP contribution in [-0.4, -0.2) is 31.4 Å². The smallest absolute Gasteiger partial charge is 0.0988 e. The highest BCUT2D eigenvalue weighted by Crippen LogP contribution is 2.30. The molecule has 0 aliphatic carbocycles. The standard InChI is InChI=1S/C10H20N2/c1-10(2)6-5-7-12(4)9(8-10)11-3/h5-8H2,1-4H3. The van der Waals surface area contributed by atoms with Gasteiger partial charge in [-0.1, -0.05) is 13.8 Å². The number of nitrogens with zero attached hydrogens (tertiary/aromatic N) is 2. The molecule has 0 amide bonds. The van der Waals surface area contributed by atoms with Crippen molar-refractivity contribution >= 4 is 5.84 Å². The minimum absolute atomic E-state index is 0.444. The largest absolute Gasteiger partial charge is 0.363 e. The van der Waals surface area contributed by atoms with E-state index in [0.29, 0.717) is 5.41 Å². The molecule has 1 aliphatic heterocycles. The van der Waals surface area contributed by atoms with Crippen LogP contribution >= 0.6 is 0 Å². The fourth-order valence-electron chi connectivity index (χ4n) is 1.82. The Morgan fingerprint density at radius 2 is 2.08 bits per heavy atom. The first-order valence-electron chi connectivity index (χ1n) is 4.72. The van der Waals surface area contributed by atoms with Crippen LogP contribution < -0.4 is 0 Å². The zero-order valence-corrected chi connectivity index (χ0v) is 8.72. The van der Waals surface area contributed by atoms with Crippen LogP contribution in [0.15, 0.2) is 4.99 Å². The SMILES string of the molecule is CN=C1CC(C)(C)CCCN1C. The molecule has 1 saturated heterocycles. The van der Waals surface area contributed by atoms with E-state index in [9.17, 15) is 0 Å². The highest BCUT2D eigenvalue weighted by molar-refractivity contribution is 5.82. The Morgan fingerprint density at radius 3 is 2.67 bits per heavy atom. The van der Waals surface area contributed by atoms with Crippen molar-refractivity contribution < 1.29 is 0 Å². The molecule has 0 radical (unpaired) electrons. The first-order valence-corrected chi connectivity index (χ1v) is 4.72. The summed E-state index contributed by atoms with van der Waals surface area (Å²) in [6.45, 7) is 5.82. The zero-order valence-electron chi connectivity index (χ0n) is 8.72. The topological polar surface area (TPSA) is 15.6 Å². The minimum atomic E-state index is 0.444. The Kier molecular flexibility index (Phi) is 2.76. The van der Waals surface area contributed by atoms with Crippen LogP contribution in [0, 0.1) is 5.41 Å². The number of rotatable bonds is 0. The molecule has 1 aliphatic rings. The molecule has 0 aromatic rings. The van der Waals surface area contributed by atoms with Gasteiger partial charge < -0.3 is 4.90 Å². The molecule has 0 saturated carbocycles. The first kappa shape index (κ1) is 9.56. The van der Waals surface area contributed by atoms with Crippen LogP contribution in [0.3, 0.4) is 0 Å². The summed E-state index contributed by atoms with van der Waals surface area (Å²) in [6.07, 6.45) is 3.74. The van der Waals surface area contributed by atoms with Crippen molar-refractivity contribution in [3.8, 4) is 0 Å². The molecule has 0 aromatic carbocycles. The van der Waals surface area contributed by atoms with Gasteiger partial charge in [-0.05, 0) is 18.3 Å². The van der Waals surface area contributed by atoms with Crippen molar-refractivity contribution in [1.82, 2.24) is 4.90 Å². The van der Waals surface area contributed by atoms with Crippen molar-refractivity contribution in [3.63, 3.8) is 0 Å². The predicted octanol–water partition coefficient (Wildman–Crippen LogP) is 2.16. The third kappa shape index (κ3) is 2.23. The van der Waals surface area contributed by atoms with Crippen LogP contribution in [0.1, 0.15) is 33.1 Å². The number of amidine groups is 1. The predicted molar refractivity (Wildman–Crippen MR) is 53.6 cm³/mol. The van der Waals surface area contributed by atoms with Crippen molar-refractivity contribution in [2.45, 2.75) is 33.1 Å². The molecule has 1 heterocycles. The first-order chi connectivity index (χ1) is 5.55. The molecule has 2 nitrogen and oxygen atoms in total. The summed E-state index contributed by atoms with van der Waals surface area (Å²) in [5.41, 5.74) is 0.444. The van der Waals surface area contributed by atoms with Crippen LogP contribution in [0.25, 0.3) is 0 Å². The van der Waals surface area contributed by atoms with E-state index in [4.69, 9.17) is 0 Å². The van der Waals surface area contributed by atoms with E-state index >= 15 is 0 Å². The van der Waals surface area contributed by atoms with Crippen LogP contribution in [0.4, 0.5) is 0 Å². The molecule has 0 spiro atoms. The van der Waals surface area contributed by atoms with Gasteiger partial charge in [0.05, 0.1) is 5.84 Å². The van der Waals surface area contributed by atoms with Gasteiger partial charge in [0.15, 0.2) is 0 Å². The molecule has 1 rings (SSSR count). The third-order valence-electron chi connectivity index (χ3n) is 2.68. The summed E-state index contributed by atoms with van der Waals surface area (Å²) >= 11 is 0. The molecule has 0 bridgehead atoms. The van der Waals surface area contributed by atoms with Gasteiger partial charge in [-0.3, -0.25) is 4.99 Å². The van der Waals surface area contributed by atoms with E-state index in [1.54, 1.807) is 0 Å². The van der Waals surface area contributed by atoms with Crippen molar-refractivity contribution in [1.29, 1.82) is 0 Å². The van der Waals surface area contributed by atoms with Crippen molar-refractivity contribution in [2.24, 2.45) is 10.4 Å². The maximum Gasteiger partial charge on any atom is 0.0988 e. The Balaban J connectivity index is 2.73. The summed E-state index contributed by atoms with van der Waals surface area (Å²) in [4.78, 5) is 6.61. The lowest BCUT2D eigenvalue weighted by atomic mass is 9.85. The van der Waals surface area contributed by atoms with Gasteiger partial charge in [0.2, 0.25) is 0 Å². The second-order valence-corrected chi connectivity index (χ2v) is 4.51. The minimum Gasteiger partial charge on any atom is -0.363 e. The zero-order chi connectivity index (χ0) is 9.19. The highest BCUT2D eigenvalue weighted by Gasteiger charge is 2.25. The monoisotopic (exact) mass is 168 g/mol. The Labute approximate surface area is 75.7 Å². The van der Waals surface area contributed by atoms with E-state index in [1.165, 1.54) is 18.7 Å². The fourth-order valence-corrected chi connectivity index (χ4v) is 1.82. The molecule has 12 heavy (non-hydrogen) atoms. The number of hydrogen-bond donors (Lipinski definition) is 0. The Bertz CT molecular complexity index is 182. The second kappa shape index (κ2) is 3.46. The molecular weight excluding hydrogens is 148 g/mol. The van der Waals surface area contributed by atoms with Gasteiger partial charge in [-0.25, -0.2) is 0 Å². The fraction of sp³-hybridized carbons (Fsp3) is 0.900. The Morgan fingerprint density at radius 1 is 1.42 bits per heavy atom. The van der Waals surface area contributed by atoms with Crippen molar-refractivity contribution in [2.75, 3.05) is 20.6 Å². The quantitative estimate of drug-likeness (QED) is 0.541. The van der Waals surface area contributed by atoms with E-state index in [-0.39, 0.29) is 0 Å². The molecule has 0 aromatic heterocycles. The van der Waals surface area contributed by atoms with Gasteiger partial charge in [0.25, 0.3) is 0 Å². The lowest BCUT2D eigenvalue weighted by molar-refractivity contribution is 0.350. The summed E-state index contributed by atoms with van der Waals surface area (Å²) in [5.74, 6) is 1.26. The highest BCUT2D eigenvalue weighted by atomic mass is 15.2. The van der Waals surface area contributed by atoms with E-state index in [1.807, 2.05) is 7.05 Å². The van der Waals surface area contributed by atoms with Crippen molar-refractivity contribution in [3.05, 3.63) is 0 Å². The third-order valence-corrected chi connectivity index (χ3v) is 2.68. The maximum absolute atomic E-state index is 4.33. The Hall–Kier alpha value is -0.530. The van der Waals surface area contributed by atoms with Gasteiger partial charge in [0.1, 0.15) is 0 Å². The molecule has 70 valence electrons. The summed E-state index contributed by atoms with van der Waals surface area (Å²) in [7, 11) is 4.04. The van der Waals surface area contributed by atoms with E-state index < -0.39 is 0 Å². The van der Waals surface area contributed by atoms with Crippen LogP contribution in [0.2, 0.25) is 0 Å². The summed E-state index contributed by atoms with van der Waals surface area (Å²) < 4.78 is 0. The summed E-state index contributed by atoms with van der Waals surface area (Å²) in [6, 6.07) is 0. The number of hydrogen-bond acceptors (Lipinski definition) is 1. The maximum atomic E-state index is 4.33. The van der Waals surface area contributed by atoms with Gasteiger partial charge in [-0.15, -0.1) is 0 Å². The average molecular weight is 168 g/mol. The average Bonchev–Trinajstić information content (AvgIpc) is 2.10. The molecule has 1 fully saturated rings. The van der Waals surface area contributed by atoms with E-state index in [2.05, 4.69) is 30.8 Å². The molecule has 0 N–H and O–H groups in total. The van der Waals surface area contributed by atoms with Crippen LogP contribution in [0.5, 0.6) is 0 Å². The number of aliphatic imine (C=N–C) groups is 1. The molecule has 2 heteroatoms. The second-order valence-electron chi connectivity index (χ2n) is 4.51. The molecule has 0 unspecified atom stereocenters. The van der Waals surface area contributed by atoms with Crippen LogP contribution in [-0.2, 0) is 0 Å². The van der Waals surface area contributed by atoms with Gasteiger partial charge >= 0.3 is 0 Å². The molecule has 0 atom stereocenters. The van der Waals surface area contributed by atoms with Gasteiger partial charge in [0, 0.05) is 27.1 Å². The number of likely N-dealkylation sites (tertiary alicyclic amines) is 1. The normalized spacial score (nSPS) is 27.3. The lowest BCUT2D eigenvalue weighted by Crippen LogP contribution is -2.27.